The summed E-state index contributed by atoms with van der Waals surface area (Å²) in [5, 5.41) is 0. The minimum atomic E-state index is 0.0252. The normalized spacial score (nSPS) is 16.5. The summed E-state index contributed by atoms with van der Waals surface area (Å²) < 4.78 is 0. The Balaban J connectivity index is 1.63. The first kappa shape index (κ1) is 19.0. The van der Waals surface area contributed by atoms with Gasteiger partial charge in [0.15, 0.2) is 5.82 Å². The minimum absolute atomic E-state index is 0.0252. The minimum Gasteiger partial charge on any atom is -0.363 e. The number of carbonyl (C=O) groups excluding carboxylic acids is 1. The van der Waals surface area contributed by atoms with E-state index in [1.165, 1.54) is 0 Å². The van der Waals surface area contributed by atoms with Crippen molar-refractivity contribution in [2.45, 2.75) is 18.8 Å². The number of piperidine rings is 1. The maximum absolute atomic E-state index is 12.9. The second kappa shape index (κ2) is 8.34. The van der Waals surface area contributed by atoms with E-state index in [-0.39, 0.29) is 11.8 Å². The van der Waals surface area contributed by atoms with Crippen LogP contribution in [0.4, 0.5) is 5.82 Å². The Morgan fingerprint density at radius 1 is 1.10 bits per heavy atom. The molecule has 0 bridgehead atoms. The summed E-state index contributed by atoms with van der Waals surface area (Å²) in [6.45, 7) is 1.40. The van der Waals surface area contributed by atoms with Crippen molar-refractivity contribution in [2.24, 2.45) is 0 Å². The molecule has 29 heavy (non-hydrogen) atoms. The number of likely N-dealkylation sites (tertiary alicyclic amines) is 1. The second-order valence-corrected chi connectivity index (χ2v) is 7.44. The largest absolute Gasteiger partial charge is 0.363 e. The van der Waals surface area contributed by atoms with E-state index in [0.29, 0.717) is 17.9 Å². The molecule has 0 saturated carbocycles. The molecule has 0 N–H and O–H groups in total. The van der Waals surface area contributed by atoms with Crippen molar-refractivity contribution in [2.75, 3.05) is 32.1 Å². The summed E-state index contributed by atoms with van der Waals surface area (Å²) >= 11 is 0. The molecule has 0 spiro atoms. The monoisotopic (exact) mass is 388 g/mol. The fourth-order valence-electron chi connectivity index (χ4n) is 3.59. The smallest absolute Gasteiger partial charge is 0.255 e. The molecular formula is C22H24N6O. The molecule has 0 unspecified atom stereocenters. The summed E-state index contributed by atoms with van der Waals surface area (Å²) in [5.74, 6) is 1.71. The quantitative estimate of drug-likeness (QED) is 0.684. The molecule has 3 aromatic heterocycles. The van der Waals surface area contributed by atoms with Crippen LogP contribution in [0, 0.1) is 0 Å². The molecule has 3 aromatic rings. The predicted octanol–water partition coefficient (Wildman–Crippen LogP) is 3.02. The maximum Gasteiger partial charge on any atom is 0.255 e. The van der Waals surface area contributed by atoms with Gasteiger partial charge in [-0.2, -0.15) is 0 Å². The molecule has 1 atom stereocenters. The lowest BCUT2D eigenvalue weighted by Gasteiger charge is -2.33. The number of amides is 1. The predicted molar refractivity (Wildman–Crippen MR) is 112 cm³/mol. The van der Waals surface area contributed by atoms with Crippen molar-refractivity contribution in [1.29, 1.82) is 0 Å². The zero-order valence-corrected chi connectivity index (χ0v) is 16.7. The van der Waals surface area contributed by atoms with Crippen molar-refractivity contribution in [3.63, 3.8) is 0 Å². The highest BCUT2D eigenvalue weighted by Crippen LogP contribution is 2.30. The Morgan fingerprint density at radius 3 is 2.59 bits per heavy atom. The molecule has 0 aliphatic carbocycles. The fraction of sp³-hybridized carbons (Fsp3) is 0.318. The van der Waals surface area contributed by atoms with Crippen LogP contribution in [0.25, 0.3) is 11.4 Å². The summed E-state index contributed by atoms with van der Waals surface area (Å²) in [7, 11) is 3.94. The molecule has 148 valence electrons. The van der Waals surface area contributed by atoms with E-state index >= 15 is 0 Å². The standard InChI is InChI=1S/C22H24N6O/c1-27(2)20-12-19(25-21(26-20)16-6-3-9-23-13-16)18-8-5-11-28(15-18)22(29)17-7-4-10-24-14-17/h3-4,6-7,9-10,12-14,18H,5,8,11,15H2,1-2H3/t18-/m0/s1. The first-order valence-electron chi connectivity index (χ1n) is 9.78. The van der Waals surface area contributed by atoms with Gasteiger partial charge in [-0.05, 0) is 37.1 Å². The number of pyridine rings is 2. The molecule has 1 amide bonds. The van der Waals surface area contributed by atoms with Crippen molar-refractivity contribution < 1.29 is 4.79 Å². The van der Waals surface area contributed by atoms with Gasteiger partial charge in [0, 0.05) is 69.5 Å². The summed E-state index contributed by atoms with van der Waals surface area (Å²) in [6, 6.07) is 9.49. The van der Waals surface area contributed by atoms with Gasteiger partial charge in [0.25, 0.3) is 5.91 Å². The highest BCUT2D eigenvalue weighted by Gasteiger charge is 2.27. The molecule has 4 heterocycles. The van der Waals surface area contributed by atoms with Crippen LogP contribution in [0.15, 0.2) is 55.1 Å². The van der Waals surface area contributed by atoms with Gasteiger partial charge in [0.05, 0.1) is 11.3 Å². The lowest BCUT2D eigenvalue weighted by Crippen LogP contribution is -2.39. The van der Waals surface area contributed by atoms with Gasteiger partial charge in [-0.3, -0.25) is 14.8 Å². The van der Waals surface area contributed by atoms with Crippen LogP contribution in [0.2, 0.25) is 0 Å². The molecule has 0 radical (unpaired) electrons. The third-order valence-electron chi connectivity index (χ3n) is 5.15. The van der Waals surface area contributed by atoms with Crippen LogP contribution in [-0.4, -0.2) is 57.9 Å². The Morgan fingerprint density at radius 2 is 1.90 bits per heavy atom. The van der Waals surface area contributed by atoms with Gasteiger partial charge in [0.2, 0.25) is 0 Å². The summed E-state index contributed by atoms with van der Waals surface area (Å²) in [6.07, 6.45) is 8.76. The summed E-state index contributed by atoms with van der Waals surface area (Å²) in [4.78, 5) is 34.6. The Labute approximate surface area is 170 Å². The van der Waals surface area contributed by atoms with E-state index in [4.69, 9.17) is 4.98 Å². The van der Waals surface area contributed by atoms with Gasteiger partial charge in [-0.15, -0.1) is 0 Å². The van der Waals surface area contributed by atoms with Crippen molar-refractivity contribution >= 4 is 11.7 Å². The average Bonchev–Trinajstić information content (AvgIpc) is 2.79. The van der Waals surface area contributed by atoms with E-state index in [1.807, 2.05) is 48.2 Å². The van der Waals surface area contributed by atoms with E-state index in [1.54, 1.807) is 30.9 Å². The number of nitrogens with zero attached hydrogens (tertiary/aromatic N) is 6. The van der Waals surface area contributed by atoms with E-state index in [0.717, 1.165) is 36.5 Å². The molecule has 1 aliphatic heterocycles. The van der Waals surface area contributed by atoms with Crippen LogP contribution >= 0.6 is 0 Å². The topological polar surface area (TPSA) is 75.1 Å². The Kier molecular flexibility index (Phi) is 5.46. The van der Waals surface area contributed by atoms with Crippen LogP contribution in [0.1, 0.15) is 34.8 Å². The molecule has 7 heteroatoms. The molecule has 4 rings (SSSR count). The zero-order valence-electron chi connectivity index (χ0n) is 16.7. The molecule has 0 aromatic carbocycles. The van der Waals surface area contributed by atoms with Gasteiger partial charge < -0.3 is 9.80 Å². The highest BCUT2D eigenvalue weighted by atomic mass is 16.2. The van der Waals surface area contributed by atoms with Crippen LogP contribution in [-0.2, 0) is 0 Å². The molecule has 1 aliphatic rings. The molecular weight excluding hydrogens is 364 g/mol. The Bertz CT molecular complexity index is 977. The van der Waals surface area contributed by atoms with E-state index in [9.17, 15) is 4.79 Å². The number of hydrogen-bond acceptors (Lipinski definition) is 6. The van der Waals surface area contributed by atoms with E-state index < -0.39 is 0 Å². The summed E-state index contributed by atoms with van der Waals surface area (Å²) in [5.41, 5.74) is 2.48. The number of carbonyl (C=O) groups is 1. The lowest BCUT2D eigenvalue weighted by molar-refractivity contribution is 0.0705. The van der Waals surface area contributed by atoms with Gasteiger partial charge in [-0.1, -0.05) is 0 Å². The van der Waals surface area contributed by atoms with Crippen LogP contribution < -0.4 is 4.90 Å². The highest BCUT2D eigenvalue weighted by molar-refractivity contribution is 5.94. The van der Waals surface area contributed by atoms with Crippen LogP contribution in [0.3, 0.4) is 0 Å². The fourth-order valence-corrected chi connectivity index (χ4v) is 3.59. The van der Waals surface area contributed by atoms with Crippen molar-refractivity contribution in [3.8, 4) is 11.4 Å². The first-order chi connectivity index (χ1) is 14.1. The van der Waals surface area contributed by atoms with Crippen LogP contribution in [0.5, 0.6) is 0 Å². The number of anilines is 1. The molecule has 1 saturated heterocycles. The lowest BCUT2D eigenvalue weighted by atomic mass is 9.93. The maximum atomic E-state index is 12.9. The number of aromatic nitrogens is 4. The number of hydrogen-bond donors (Lipinski definition) is 0. The number of rotatable bonds is 4. The third-order valence-corrected chi connectivity index (χ3v) is 5.15. The molecule has 7 nitrogen and oxygen atoms in total. The zero-order chi connectivity index (χ0) is 20.2. The second-order valence-electron chi connectivity index (χ2n) is 7.44. The van der Waals surface area contributed by atoms with Crippen molar-refractivity contribution in [1.82, 2.24) is 24.8 Å². The average molecular weight is 388 g/mol. The van der Waals surface area contributed by atoms with Crippen molar-refractivity contribution in [3.05, 3.63) is 66.4 Å². The SMILES string of the molecule is CN(C)c1cc([C@H]2CCCN(C(=O)c3cccnc3)C2)nc(-c2cccnc2)n1. The first-order valence-corrected chi connectivity index (χ1v) is 9.78. The van der Waals surface area contributed by atoms with Gasteiger partial charge in [0.1, 0.15) is 5.82 Å². The van der Waals surface area contributed by atoms with Gasteiger partial charge in [-0.25, -0.2) is 9.97 Å². The van der Waals surface area contributed by atoms with Gasteiger partial charge >= 0.3 is 0 Å². The Hall–Kier alpha value is -3.35. The third kappa shape index (κ3) is 4.23. The molecule has 1 fully saturated rings. The van der Waals surface area contributed by atoms with E-state index in [2.05, 4.69) is 15.0 Å².